The van der Waals surface area contributed by atoms with Crippen LogP contribution in [0.5, 0.6) is 5.75 Å². The normalized spacial score (nSPS) is 14.2. The van der Waals surface area contributed by atoms with Gasteiger partial charge in [0, 0.05) is 30.3 Å². The van der Waals surface area contributed by atoms with Gasteiger partial charge in [-0.25, -0.2) is 9.18 Å². The third-order valence-corrected chi connectivity index (χ3v) is 3.33. The molecule has 130 valence electrons. The number of hydrogen-bond acceptors (Lipinski definition) is 4. The van der Waals surface area contributed by atoms with Crippen LogP contribution in [0.3, 0.4) is 0 Å². The number of benzene rings is 1. The Hall–Kier alpha value is -1.82. The quantitative estimate of drug-likeness (QED) is 0.748. The Kier molecular flexibility index (Phi) is 6.81. The lowest BCUT2D eigenvalue weighted by Gasteiger charge is -2.25. The third-order valence-electron chi connectivity index (χ3n) is 3.33. The van der Waals surface area contributed by atoms with Crippen molar-refractivity contribution in [2.45, 2.75) is 58.7 Å². The molecule has 0 aliphatic carbocycles. The molecule has 3 N–H and O–H groups in total. The molecule has 0 aliphatic heterocycles. The highest BCUT2D eigenvalue weighted by molar-refractivity contribution is 5.67. The molecule has 0 spiro atoms. The van der Waals surface area contributed by atoms with Crippen LogP contribution in [-0.2, 0) is 4.74 Å². The van der Waals surface area contributed by atoms with Gasteiger partial charge >= 0.3 is 6.09 Å². The van der Waals surface area contributed by atoms with Gasteiger partial charge in [-0.3, -0.25) is 0 Å². The minimum atomic E-state index is -0.535. The topological polar surface area (TPSA) is 70.6 Å². The highest BCUT2D eigenvalue weighted by Crippen LogP contribution is 2.25. The van der Waals surface area contributed by atoms with Crippen LogP contribution in [0.4, 0.5) is 9.18 Å². The Balaban J connectivity index is 2.57. The molecule has 0 saturated carbocycles. The van der Waals surface area contributed by atoms with Gasteiger partial charge in [0.05, 0.1) is 0 Å². The molecule has 1 aromatic carbocycles. The summed E-state index contributed by atoms with van der Waals surface area (Å²) >= 11 is 0. The first kappa shape index (κ1) is 19.2. The van der Waals surface area contributed by atoms with E-state index in [9.17, 15) is 14.3 Å². The summed E-state index contributed by atoms with van der Waals surface area (Å²) in [6, 6.07) is 3.78. The van der Waals surface area contributed by atoms with Gasteiger partial charge in [-0.15, -0.1) is 0 Å². The Morgan fingerprint density at radius 2 is 2.04 bits per heavy atom. The molecule has 0 saturated heterocycles. The minimum Gasteiger partial charge on any atom is -0.508 e. The Morgan fingerprint density at radius 1 is 1.39 bits per heavy atom. The Labute approximate surface area is 137 Å². The van der Waals surface area contributed by atoms with Gasteiger partial charge in [0.1, 0.15) is 17.2 Å². The second-order valence-corrected chi connectivity index (χ2v) is 6.58. The molecule has 2 unspecified atom stereocenters. The molecule has 0 fully saturated rings. The molecule has 23 heavy (non-hydrogen) atoms. The highest BCUT2D eigenvalue weighted by Gasteiger charge is 2.19. The van der Waals surface area contributed by atoms with E-state index in [0.717, 1.165) is 12.5 Å². The van der Waals surface area contributed by atoms with Crippen LogP contribution in [0.1, 0.15) is 52.6 Å². The molecule has 6 heteroatoms. The first-order chi connectivity index (χ1) is 10.6. The second kappa shape index (κ2) is 8.15. The van der Waals surface area contributed by atoms with Crippen LogP contribution in [0.25, 0.3) is 0 Å². The van der Waals surface area contributed by atoms with E-state index >= 15 is 0 Å². The van der Waals surface area contributed by atoms with Crippen molar-refractivity contribution in [2.24, 2.45) is 0 Å². The van der Waals surface area contributed by atoms with Crippen molar-refractivity contribution in [2.75, 3.05) is 6.54 Å². The summed E-state index contributed by atoms with van der Waals surface area (Å²) < 4.78 is 18.2. The summed E-state index contributed by atoms with van der Waals surface area (Å²) in [6.07, 6.45) is 0.317. The van der Waals surface area contributed by atoms with E-state index in [0.29, 0.717) is 12.1 Å². The average Bonchev–Trinajstić information content (AvgIpc) is 2.41. The molecule has 0 bridgehead atoms. The lowest BCUT2D eigenvalue weighted by Crippen LogP contribution is -2.43. The number of ether oxygens (including phenoxy) is 1. The highest BCUT2D eigenvalue weighted by atomic mass is 19.1. The smallest absolute Gasteiger partial charge is 0.407 e. The number of aromatic hydroxyl groups is 1. The van der Waals surface area contributed by atoms with Crippen LogP contribution >= 0.6 is 0 Å². The van der Waals surface area contributed by atoms with Gasteiger partial charge < -0.3 is 20.5 Å². The molecule has 0 heterocycles. The van der Waals surface area contributed by atoms with Crippen LogP contribution in [0.15, 0.2) is 18.2 Å². The van der Waals surface area contributed by atoms with Gasteiger partial charge in [-0.05, 0) is 40.2 Å². The summed E-state index contributed by atoms with van der Waals surface area (Å²) in [5, 5.41) is 15.9. The van der Waals surface area contributed by atoms with Crippen LogP contribution in [0.2, 0.25) is 0 Å². The fraction of sp³-hybridized carbons (Fsp3) is 0.588. The number of phenols is 1. The number of carbonyl (C=O) groups excluding carboxylic acids is 1. The number of amides is 1. The number of rotatable bonds is 6. The fourth-order valence-corrected chi connectivity index (χ4v) is 2.17. The summed E-state index contributed by atoms with van der Waals surface area (Å²) in [7, 11) is 0. The van der Waals surface area contributed by atoms with Gasteiger partial charge in [0.15, 0.2) is 0 Å². The Bertz CT molecular complexity index is 529. The largest absolute Gasteiger partial charge is 0.508 e. The maximum Gasteiger partial charge on any atom is 0.407 e. The van der Waals surface area contributed by atoms with Crippen molar-refractivity contribution in [3.8, 4) is 5.75 Å². The minimum absolute atomic E-state index is 0.00183. The SMILES string of the molecule is CCC(CNC(=O)OC(C)(C)C)NC(C)c1ccc(F)cc1O. The number of phenolic OH excluding ortho intramolecular Hbond substituents is 1. The predicted molar refractivity (Wildman–Crippen MR) is 87.9 cm³/mol. The average molecular weight is 326 g/mol. The molecule has 5 nitrogen and oxygen atoms in total. The molecular formula is C17H27FN2O3. The zero-order valence-electron chi connectivity index (χ0n) is 14.4. The first-order valence-corrected chi connectivity index (χ1v) is 7.83. The number of halogens is 1. The summed E-state index contributed by atoms with van der Waals surface area (Å²) in [5.74, 6) is -0.558. The standard InChI is InChI=1S/C17H27FN2O3/c1-6-13(10-19-16(22)23-17(3,4)5)20-11(2)14-8-7-12(18)9-15(14)21/h7-9,11,13,20-21H,6,10H2,1-5H3,(H,19,22). The summed E-state index contributed by atoms with van der Waals surface area (Å²) in [4.78, 5) is 11.7. The Morgan fingerprint density at radius 3 is 2.57 bits per heavy atom. The van der Waals surface area contributed by atoms with Crippen molar-refractivity contribution in [3.63, 3.8) is 0 Å². The number of hydrogen-bond donors (Lipinski definition) is 3. The lowest BCUT2D eigenvalue weighted by atomic mass is 10.1. The monoisotopic (exact) mass is 326 g/mol. The van der Waals surface area contributed by atoms with Gasteiger partial charge in [-0.2, -0.15) is 0 Å². The van der Waals surface area contributed by atoms with E-state index in [2.05, 4.69) is 10.6 Å². The van der Waals surface area contributed by atoms with E-state index in [1.54, 1.807) is 6.07 Å². The van der Waals surface area contributed by atoms with Crippen LogP contribution in [-0.4, -0.2) is 29.4 Å². The second-order valence-electron chi connectivity index (χ2n) is 6.58. The zero-order valence-corrected chi connectivity index (χ0v) is 14.4. The number of alkyl carbamates (subject to hydrolysis) is 1. The van der Waals surface area contributed by atoms with Crippen molar-refractivity contribution in [1.82, 2.24) is 10.6 Å². The number of carbonyl (C=O) groups is 1. The summed E-state index contributed by atoms with van der Waals surface area (Å²) in [5.41, 5.74) is 0.0778. The zero-order chi connectivity index (χ0) is 17.6. The molecule has 0 aromatic heterocycles. The van der Waals surface area contributed by atoms with Gasteiger partial charge in [-0.1, -0.05) is 13.0 Å². The molecule has 2 atom stereocenters. The maximum absolute atomic E-state index is 13.0. The van der Waals surface area contributed by atoms with Gasteiger partial charge in [0.25, 0.3) is 0 Å². The van der Waals surface area contributed by atoms with E-state index in [-0.39, 0.29) is 17.8 Å². The first-order valence-electron chi connectivity index (χ1n) is 7.83. The van der Waals surface area contributed by atoms with E-state index < -0.39 is 17.5 Å². The van der Waals surface area contributed by atoms with Crippen LogP contribution in [0, 0.1) is 5.82 Å². The van der Waals surface area contributed by atoms with Crippen molar-refractivity contribution in [1.29, 1.82) is 0 Å². The number of nitrogens with one attached hydrogen (secondary N) is 2. The van der Waals surface area contributed by atoms with Crippen LogP contribution < -0.4 is 10.6 Å². The van der Waals surface area contributed by atoms with Gasteiger partial charge in [0.2, 0.25) is 0 Å². The molecule has 0 aliphatic rings. The predicted octanol–water partition coefficient (Wildman–Crippen LogP) is 3.49. The van der Waals surface area contributed by atoms with Crippen molar-refractivity contribution in [3.05, 3.63) is 29.6 Å². The summed E-state index contributed by atoms with van der Waals surface area (Å²) in [6.45, 7) is 9.69. The van der Waals surface area contributed by atoms with E-state index in [1.165, 1.54) is 6.07 Å². The maximum atomic E-state index is 13.0. The van der Waals surface area contributed by atoms with E-state index in [1.807, 2.05) is 34.6 Å². The molecule has 1 amide bonds. The third kappa shape index (κ3) is 6.86. The molecular weight excluding hydrogens is 299 g/mol. The molecule has 0 radical (unpaired) electrons. The van der Waals surface area contributed by atoms with E-state index in [4.69, 9.17) is 4.74 Å². The van der Waals surface area contributed by atoms with Crippen molar-refractivity contribution >= 4 is 6.09 Å². The fourth-order valence-electron chi connectivity index (χ4n) is 2.17. The van der Waals surface area contributed by atoms with Crippen molar-refractivity contribution < 1.29 is 19.0 Å². The lowest BCUT2D eigenvalue weighted by molar-refractivity contribution is 0.0521. The molecule has 1 rings (SSSR count). The molecule has 1 aromatic rings.